The SMILES string of the molecule is CCOC(=O)O[C@@H](C(=O)O[C@H]1C[C@@]2(O)[C@@H](OC(=O)c3ccccc3)[C@@H]3[C@]4(OC(=O)C5CC5)CO[C@@H]4C[C@H](OCOP(=O)(O)O)[C@@]3(C)C(=O)[C@H](OC(C)=O)C(=C1C)C2(C)C)[C@@H](NC(=O)c1ccccc1)c1ccccc1. The molecular weight excluding hydrogens is 1000 g/mol. The number of carbonyl (C=O) groups excluding carboxylic acids is 7. The van der Waals surface area contributed by atoms with Gasteiger partial charge in [-0.05, 0) is 74.6 Å². The Morgan fingerprint density at radius 2 is 1.48 bits per heavy atom. The van der Waals surface area contributed by atoms with Crippen LogP contribution in [0.2, 0.25) is 0 Å². The number of aliphatic hydroxyl groups is 1. The number of hydrogen-bond acceptors (Lipinski definition) is 18. The first-order valence-corrected chi connectivity index (χ1v) is 26.0. The number of esters is 4. The molecule has 5 aliphatic rings. The van der Waals surface area contributed by atoms with Crippen LogP contribution in [0.15, 0.2) is 102 Å². The Morgan fingerprint density at radius 3 is 2.04 bits per heavy atom. The molecule has 1 aliphatic heterocycles. The van der Waals surface area contributed by atoms with Gasteiger partial charge in [-0.2, -0.15) is 0 Å². The highest BCUT2D eigenvalue weighted by atomic mass is 31.2. The number of nitrogens with one attached hydrogen (secondary N) is 1. The maximum atomic E-state index is 16.2. The summed E-state index contributed by atoms with van der Waals surface area (Å²) < 4.78 is 65.1. The number of phosphoric ester groups is 1. The number of hydrogen-bond donors (Lipinski definition) is 4. The van der Waals surface area contributed by atoms with Crippen LogP contribution in [0.3, 0.4) is 0 Å². The van der Waals surface area contributed by atoms with Gasteiger partial charge in [-0.3, -0.25) is 23.7 Å². The second-order valence-electron chi connectivity index (χ2n) is 20.1. The molecule has 1 saturated heterocycles. The lowest BCUT2D eigenvalue weighted by Crippen LogP contribution is -2.82. The summed E-state index contributed by atoms with van der Waals surface area (Å²) in [6, 6.07) is 22.3. The Hall–Kier alpha value is -6.32. The van der Waals surface area contributed by atoms with E-state index in [2.05, 4.69) is 5.32 Å². The van der Waals surface area contributed by atoms with E-state index < -0.39 is 146 Å². The number of carbonyl (C=O) groups is 7. The van der Waals surface area contributed by atoms with Crippen LogP contribution in [0.25, 0.3) is 0 Å². The fourth-order valence-corrected chi connectivity index (χ4v) is 11.5. The minimum atomic E-state index is -5.20. The smallest absolute Gasteiger partial charge is 0.455 e. The maximum Gasteiger partial charge on any atom is 0.509 e. The van der Waals surface area contributed by atoms with E-state index >= 15 is 9.59 Å². The molecule has 8 rings (SSSR count). The van der Waals surface area contributed by atoms with Gasteiger partial charge < -0.3 is 58.1 Å². The van der Waals surface area contributed by atoms with Crippen LogP contribution < -0.4 is 5.32 Å². The van der Waals surface area contributed by atoms with Crippen LogP contribution >= 0.6 is 7.82 Å². The van der Waals surface area contributed by atoms with Gasteiger partial charge in [0, 0.05) is 30.7 Å². The van der Waals surface area contributed by atoms with Crippen molar-refractivity contribution in [3.8, 4) is 0 Å². The van der Waals surface area contributed by atoms with Gasteiger partial charge in [-0.25, -0.2) is 18.9 Å². The van der Waals surface area contributed by atoms with Crippen molar-refractivity contribution in [2.24, 2.45) is 22.7 Å². The molecule has 402 valence electrons. The Balaban J connectivity index is 1.33. The van der Waals surface area contributed by atoms with Crippen molar-refractivity contribution in [1.82, 2.24) is 5.32 Å². The van der Waals surface area contributed by atoms with Gasteiger partial charge in [0.2, 0.25) is 6.10 Å². The predicted octanol–water partition coefficient (Wildman–Crippen LogP) is 5.40. The van der Waals surface area contributed by atoms with Crippen LogP contribution in [0.5, 0.6) is 0 Å². The number of Topliss-reactive ketones (excluding diaryl/α,β-unsaturated/α-hetero) is 1. The molecule has 22 heteroatoms. The van der Waals surface area contributed by atoms with Gasteiger partial charge in [0.05, 0.1) is 42.1 Å². The van der Waals surface area contributed by atoms with Crippen LogP contribution in [-0.4, -0.2) is 124 Å². The molecule has 21 nitrogen and oxygen atoms in total. The summed E-state index contributed by atoms with van der Waals surface area (Å²) in [4.78, 5) is 120. The van der Waals surface area contributed by atoms with E-state index in [4.69, 9.17) is 42.4 Å². The Bertz CT molecular complexity index is 2760. The van der Waals surface area contributed by atoms with Gasteiger partial charge in [-0.1, -0.05) is 80.6 Å². The molecule has 0 unspecified atom stereocenters. The van der Waals surface area contributed by atoms with Crippen molar-refractivity contribution >= 4 is 49.5 Å². The molecule has 3 saturated carbocycles. The quantitative estimate of drug-likeness (QED) is 0.0433. The van der Waals surface area contributed by atoms with Crippen molar-refractivity contribution in [3.05, 3.63) is 119 Å². The molecule has 11 atom stereocenters. The van der Waals surface area contributed by atoms with E-state index in [0.29, 0.717) is 12.8 Å². The maximum absolute atomic E-state index is 16.2. The summed E-state index contributed by atoms with van der Waals surface area (Å²) >= 11 is 0. The number of amides is 1. The molecule has 3 aromatic carbocycles. The first-order valence-electron chi connectivity index (χ1n) is 24.5. The van der Waals surface area contributed by atoms with Gasteiger partial charge >= 0.3 is 37.9 Å². The highest BCUT2D eigenvalue weighted by Crippen LogP contribution is 2.65. The second kappa shape index (κ2) is 21.4. The summed E-state index contributed by atoms with van der Waals surface area (Å²) in [5, 5.41) is 17.0. The summed E-state index contributed by atoms with van der Waals surface area (Å²) in [5.41, 5.74) is -8.10. The van der Waals surface area contributed by atoms with Crippen molar-refractivity contribution in [1.29, 1.82) is 0 Å². The summed E-state index contributed by atoms with van der Waals surface area (Å²) in [7, 11) is -5.20. The first-order chi connectivity index (χ1) is 35.5. The first kappa shape index (κ1) is 54.9. The minimum Gasteiger partial charge on any atom is -0.455 e. The standard InChI is InChI=1S/C53H60NO20P/c1-7-66-49(61)72-41(39(31-17-11-8-12-18-31)54-45(57)32-19-13-9-14-20-32)48(60)71-35-26-53(62)44(73-46(58)33-21-15-10-16-22-33)42-51(6,43(56)40(70-30(3)55)38(29(35)2)50(53,4)5)36(68-28-69-75(63,64)65)25-37-52(42,27-67-37)74-47(59)34-23-24-34/h8-22,34-37,39-42,44,62H,7,23-28H2,1-6H3,(H,54,57)(H2,63,64,65)/t35-,36-,37+,39-,40+,41+,42-,44-,51+,52-,53+/m0/s1. The highest BCUT2D eigenvalue weighted by Gasteiger charge is 2.79. The molecule has 75 heavy (non-hydrogen) atoms. The Kier molecular flexibility index (Phi) is 15.6. The lowest BCUT2D eigenvalue weighted by atomic mass is 9.44. The number of fused-ring (bicyclic) bond motifs is 5. The fourth-order valence-electron chi connectivity index (χ4n) is 11.3. The van der Waals surface area contributed by atoms with E-state index in [0.717, 1.165) is 6.92 Å². The fraction of sp³-hybridized carbons (Fsp3) is 0.491. The van der Waals surface area contributed by atoms with Gasteiger partial charge in [-0.15, -0.1) is 0 Å². The zero-order chi connectivity index (χ0) is 54.3. The van der Waals surface area contributed by atoms with Crippen LogP contribution in [-0.2, 0) is 66.2 Å². The minimum absolute atomic E-state index is 0.00920. The monoisotopic (exact) mass is 1060 g/mol. The topological polar surface area (TPSA) is 292 Å². The lowest BCUT2D eigenvalue weighted by Gasteiger charge is -2.67. The Morgan fingerprint density at radius 1 is 0.867 bits per heavy atom. The number of rotatable bonds is 17. The normalized spacial score (nSPS) is 29.5. The van der Waals surface area contributed by atoms with E-state index in [1.165, 1.54) is 58.9 Å². The molecule has 4 aliphatic carbocycles. The van der Waals surface area contributed by atoms with E-state index in [9.17, 15) is 43.4 Å². The molecule has 2 bridgehead atoms. The molecule has 1 heterocycles. The van der Waals surface area contributed by atoms with Crippen molar-refractivity contribution in [2.45, 2.75) is 121 Å². The molecule has 0 aromatic heterocycles. The van der Waals surface area contributed by atoms with Crippen LogP contribution in [0.4, 0.5) is 4.79 Å². The zero-order valence-corrected chi connectivity index (χ0v) is 42.9. The number of benzene rings is 3. The number of phosphoric acid groups is 1. The van der Waals surface area contributed by atoms with E-state index in [-0.39, 0.29) is 40.9 Å². The second-order valence-corrected chi connectivity index (χ2v) is 21.3. The average molecular weight is 1060 g/mol. The van der Waals surface area contributed by atoms with Gasteiger partial charge in [0.1, 0.15) is 30.0 Å². The summed E-state index contributed by atoms with van der Waals surface area (Å²) in [6.45, 7) is 6.72. The molecule has 3 aromatic rings. The van der Waals surface area contributed by atoms with E-state index in [1.54, 1.807) is 66.7 Å². The average Bonchev–Trinajstić information content (AvgIpc) is 4.22. The molecule has 0 radical (unpaired) electrons. The summed E-state index contributed by atoms with van der Waals surface area (Å²) in [5.74, 6) is -7.85. The molecule has 0 spiro atoms. The third kappa shape index (κ3) is 10.6. The van der Waals surface area contributed by atoms with Crippen molar-refractivity contribution in [2.75, 3.05) is 20.0 Å². The van der Waals surface area contributed by atoms with Crippen LogP contribution in [0, 0.1) is 22.7 Å². The Labute approximate surface area is 431 Å². The molecule has 4 N–H and O–H groups in total. The lowest BCUT2D eigenvalue weighted by molar-refractivity contribution is -0.351. The number of ketones is 1. The predicted molar refractivity (Wildman–Crippen MR) is 257 cm³/mol. The van der Waals surface area contributed by atoms with Gasteiger partial charge in [0.15, 0.2) is 24.3 Å². The zero-order valence-electron chi connectivity index (χ0n) is 42.0. The molecule has 4 fully saturated rings. The van der Waals surface area contributed by atoms with E-state index in [1.807, 2.05) is 0 Å². The van der Waals surface area contributed by atoms with Crippen molar-refractivity contribution < 1.29 is 95.4 Å². The molecular formula is C53H60NO20P. The number of ether oxygens (including phenoxy) is 8. The third-order valence-corrected chi connectivity index (χ3v) is 15.7. The van der Waals surface area contributed by atoms with Crippen molar-refractivity contribution in [3.63, 3.8) is 0 Å². The van der Waals surface area contributed by atoms with Crippen LogP contribution in [0.1, 0.15) is 99.5 Å². The van der Waals surface area contributed by atoms with Gasteiger partial charge in [0.25, 0.3) is 5.91 Å². The molecule has 1 amide bonds. The summed E-state index contributed by atoms with van der Waals surface area (Å²) in [6.07, 6.45) is -11.7. The highest BCUT2D eigenvalue weighted by molar-refractivity contribution is 7.46. The third-order valence-electron chi connectivity index (χ3n) is 15.3. The largest absolute Gasteiger partial charge is 0.509 e.